The minimum atomic E-state index is -0.614. The maximum atomic E-state index is 9.59. The number of nitrogens with two attached hydrogens (primary N) is 1. The maximum absolute atomic E-state index is 9.59. The second-order valence-electron chi connectivity index (χ2n) is 4.75. The molecular weight excluding hydrogens is 138 g/mol. The summed E-state index contributed by atoms with van der Waals surface area (Å²) in [4.78, 5) is 0. The van der Waals surface area contributed by atoms with Gasteiger partial charge in [0.15, 0.2) is 0 Å². The summed E-state index contributed by atoms with van der Waals surface area (Å²) in [5.41, 5.74) is 5.03. The maximum Gasteiger partial charge on any atom is 0.0617 e. The van der Waals surface area contributed by atoms with Crippen LogP contribution in [0.1, 0.15) is 41.0 Å². The first-order chi connectivity index (χ1) is 4.63. The van der Waals surface area contributed by atoms with E-state index in [1.165, 1.54) is 0 Å². The zero-order chi connectivity index (χ0) is 9.28. The molecule has 68 valence electrons. The monoisotopic (exact) mass is 159 g/mol. The largest absolute Gasteiger partial charge is 0.390 e. The highest BCUT2D eigenvalue weighted by atomic mass is 16.3. The quantitative estimate of drug-likeness (QED) is 0.656. The van der Waals surface area contributed by atoms with Gasteiger partial charge < -0.3 is 10.8 Å². The molecule has 0 aliphatic rings. The topological polar surface area (TPSA) is 46.2 Å². The Bertz CT molecular complexity index is 119. The van der Waals surface area contributed by atoms with Crippen LogP contribution in [0.25, 0.3) is 0 Å². The molecule has 2 heteroatoms. The van der Waals surface area contributed by atoms with Crippen molar-refractivity contribution in [2.45, 2.75) is 52.2 Å². The second kappa shape index (κ2) is 3.11. The van der Waals surface area contributed by atoms with Crippen LogP contribution in [0, 0.1) is 5.92 Å². The van der Waals surface area contributed by atoms with Crippen molar-refractivity contribution in [2.75, 3.05) is 0 Å². The number of aliphatic hydroxyl groups is 1. The van der Waals surface area contributed by atoms with Gasteiger partial charge in [-0.1, -0.05) is 6.92 Å². The molecule has 0 bridgehead atoms. The lowest BCUT2D eigenvalue weighted by Gasteiger charge is -2.31. The Morgan fingerprint density at radius 1 is 1.27 bits per heavy atom. The lowest BCUT2D eigenvalue weighted by Crippen LogP contribution is -2.40. The molecule has 0 fully saturated rings. The van der Waals surface area contributed by atoms with Gasteiger partial charge in [0.1, 0.15) is 0 Å². The van der Waals surface area contributed by atoms with E-state index in [1.807, 2.05) is 34.6 Å². The minimum Gasteiger partial charge on any atom is -0.390 e. The lowest BCUT2D eigenvalue weighted by atomic mass is 9.83. The molecule has 0 aliphatic carbocycles. The molecule has 0 unspecified atom stereocenters. The van der Waals surface area contributed by atoms with Gasteiger partial charge in [0.05, 0.1) is 5.60 Å². The highest BCUT2D eigenvalue weighted by Crippen LogP contribution is 2.23. The Hall–Kier alpha value is -0.0800. The fourth-order valence-corrected chi connectivity index (χ4v) is 1.04. The normalized spacial score (nSPS) is 16.6. The summed E-state index contributed by atoms with van der Waals surface area (Å²) in [6.07, 6.45) is 0.844. The predicted molar refractivity (Wildman–Crippen MR) is 48.3 cm³/mol. The highest BCUT2D eigenvalue weighted by molar-refractivity contribution is 4.82. The lowest BCUT2D eigenvalue weighted by molar-refractivity contribution is 0.0139. The molecule has 0 saturated carbocycles. The first-order valence-electron chi connectivity index (χ1n) is 4.14. The van der Waals surface area contributed by atoms with E-state index in [0.29, 0.717) is 0 Å². The van der Waals surface area contributed by atoms with Crippen molar-refractivity contribution in [3.63, 3.8) is 0 Å². The molecule has 3 N–H and O–H groups in total. The average molecular weight is 159 g/mol. The van der Waals surface area contributed by atoms with Crippen LogP contribution in [0.2, 0.25) is 0 Å². The van der Waals surface area contributed by atoms with E-state index in [1.54, 1.807) is 0 Å². The summed E-state index contributed by atoms with van der Waals surface area (Å²) in [5.74, 6) is 0.238. The molecule has 0 heterocycles. The van der Waals surface area contributed by atoms with Crippen LogP contribution in [0.3, 0.4) is 0 Å². The highest BCUT2D eigenvalue weighted by Gasteiger charge is 2.26. The van der Waals surface area contributed by atoms with E-state index in [2.05, 4.69) is 0 Å². The first-order valence-corrected chi connectivity index (χ1v) is 4.14. The summed E-state index contributed by atoms with van der Waals surface area (Å²) >= 11 is 0. The summed E-state index contributed by atoms with van der Waals surface area (Å²) < 4.78 is 0. The molecule has 0 saturated heterocycles. The van der Waals surface area contributed by atoms with Gasteiger partial charge in [-0.3, -0.25) is 0 Å². The molecule has 2 nitrogen and oxygen atoms in total. The van der Waals surface area contributed by atoms with Crippen molar-refractivity contribution in [3.8, 4) is 0 Å². The molecule has 0 aromatic rings. The molecule has 1 atom stereocenters. The zero-order valence-electron chi connectivity index (χ0n) is 8.31. The van der Waals surface area contributed by atoms with Gasteiger partial charge in [-0.25, -0.2) is 0 Å². The smallest absolute Gasteiger partial charge is 0.0617 e. The first kappa shape index (κ1) is 10.9. The molecule has 0 aliphatic heterocycles. The molecule has 0 radical (unpaired) electrons. The summed E-state index contributed by atoms with van der Waals surface area (Å²) in [7, 11) is 0. The molecule has 0 spiro atoms. The Balaban J connectivity index is 3.99. The molecule has 0 amide bonds. The Morgan fingerprint density at radius 3 is 1.73 bits per heavy atom. The van der Waals surface area contributed by atoms with E-state index in [-0.39, 0.29) is 11.5 Å². The molecular formula is C9H21NO. The van der Waals surface area contributed by atoms with E-state index in [0.717, 1.165) is 6.42 Å². The number of hydrogen-bond acceptors (Lipinski definition) is 2. The van der Waals surface area contributed by atoms with Crippen molar-refractivity contribution in [2.24, 2.45) is 11.7 Å². The van der Waals surface area contributed by atoms with Crippen LogP contribution in [-0.4, -0.2) is 16.2 Å². The third kappa shape index (κ3) is 5.22. The third-order valence-corrected chi connectivity index (χ3v) is 2.04. The van der Waals surface area contributed by atoms with E-state index < -0.39 is 5.60 Å². The van der Waals surface area contributed by atoms with Gasteiger partial charge >= 0.3 is 0 Å². The predicted octanol–water partition coefficient (Wildman–Crippen LogP) is 1.52. The van der Waals surface area contributed by atoms with Crippen LogP contribution < -0.4 is 5.73 Å². The average Bonchev–Trinajstić information content (AvgIpc) is 1.56. The van der Waals surface area contributed by atoms with Crippen LogP contribution in [0.5, 0.6) is 0 Å². The molecule has 11 heavy (non-hydrogen) atoms. The molecule has 0 rings (SSSR count). The van der Waals surface area contributed by atoms with Crippen molar-refractivity contribution in [1.82, 2.24) is 0 Å². The van der Waals surface area contributed by atoms with E-state index in [9.17, 15) is 5.11 Å². The number of hydrogen-bond donors (Lipinski definition) is 2. The minimum absolute atomic E-state index is 0.181. The Labute approximate surface area is 69.8 Å². The van der Waals surface area contributed by atoms with Crippen LogP contribution in [0.15, 0.2) is 0 Å². The Morgan fingerprint density at radius 2 is 1.64 bits per heavy atom. The fourth-order valence-electron chi connectivity index (χ4n) is 1.04. The third-order valence-electron chi connectivity index (χ3n) is 2.04. The molecule has 0 aromatic heterocycles. The van der Waals surface area contributed by atoms with Crippen molar-refractivity contribution in [1.29, 1.82) is 0 Å². The SMILES string of the molecule is C[C@H](CC(C)(C)N)C(C)(C)O. The van der Waals surface area contributed by atoms with Crippen LogP contribution >= 0.6 is 0 Å². The second-order valence-corrected chi connectivity index (χ2v) is 4.75. The van der Waals surface area contributed by atoms with E-state index in [4.69, 9.17) is 5.73 Å². The van der Waals surface area contributed by atoms with Gasteiger partial charge in [-0.05, 0) is 40.0 Å². The van der Waals surface area contributed by atoms with Crippen molar-refractivity contribution >= 4 is 0 Å². The number of rotatable bonds is 3. The fraction of sp³-hybridized carbons (Fsp3) is 1.00. The summed E-state index contributed by atoms with van der Waals surface area (Å²) in [6, 6.07) is 0. The van der Waals surface area contributed by atoms with Crippen molar-refractivity contribution in [3.05, 3.63) is 0 Å². The van der Waals surface area contributed by atoms with Gasteiger partial charge in [0, 0.05) is 5.54 Å². The summed E-state index contributed by atoms with van der Waals surface area (Å²) in [5, 5.41) is 9.59. The van der Waals surface area contributed by atoms with Gasteiger partial charge in [-0.2, -0.15) is 0 Å². The van der Waals surface area contributed by atoms with Gasteiger partial charge in [0.25, 0.3) is 0 Å². The standard InChI is InChI=1S/C9H21NO/c1-7(9(4,5)11)6-8(2,3)10/h7,11H,6,10H2,1-5H3/t7-/m1/s1. The molecule has 0 aromatic carbocycles. The van der Waals surface area contributed by atoms with Crippen LogP contribution in [0.4, 0.5) is 0 Å². The zero-order valence-corrected chi connectivity index (χ0v) is 8.31. The summed E-state index contributed by atoms with van der Waals surface area (Å²) in [6.45, 7) is 9.63. The van der Waals surface area contributed by atoms with Gasteiger partial charge in [0.2, 0.25) is 0 Å². The van der Waals surface area contributed by atoms with Crippen LogP contribution in [-0.2, 0) is 0 Å². The van der Waals surface area contributed by atoms with Crippen molar-refractivity contribution < 1.29 is 5.11 Å². The van der Waals surface area contributed by atoms with Gasteiger partial charge in [-0.15, -0.1) is 0 Å². The Kier molecular flexibility index (Phi) is 3.09. The van der Waals surface area contributed by atoms with E-state index >= 15 is 0 Å².